The summed E-state index contributed by atoms with van der Waals surface area (Å²) in [6.45, 7) is 0. The van der Waals surface area contributed by atoms with Crippen molar-refractivity contribution in [3.8, 4) is 0 Å². The smallest absolute Gasteiger partial charge is 0.377 e. The predicted octanol–water partition coefficient (Wildman–Crippen LogP) is 6.41. The van der Waals surface area contributed by atoms with Gasteiger partial charge in [0.05, 0.1) is 11.0 Å². The van der Waals surface area contributed by atoms with Crippen molar-refractivity contribution in [2.45, 2.75) is 48.3 Å². The number of hydrogen-bond acceptors (Lipinski definition) is 3. The molecular weight excluding hydrogens is 489 g/mol. The van der Waals surface area contributed by atoms with Gasteiger partial charge in [0.15, 0.2) is 0 Å². The van der Waals surface area contributed by atoms with E-state index in [2.05, 4.69) is 4.74 Å². The first-order chi connectivity index (χ1) is 14.1. The molecule has 0 aliphatic rings. The van der Waals surface area contributed by atoms with Crippen LogP contribution in [0.4, 0.5) is 62.8 Å². The number of hydrogen-bond donors (Lipinski definition) is 0. The molecule has 17 heteroatoms. The highest BCUT2D eigenvalue weighted by molar-refractivity contribution is 5.35. The molecule has 0 aliphatic heterocycles. The molecule has 0 fully saturated rings. The third-order valence-corrected chi connectivity index (χ3v) is 4.18. The lowest BCUT2D eigenvalue weighted by molar-refractivity contribution is -0.440. The van der Waals surface area contributed by atoms with Crippen LogP contribution in [0.2, 0.25) is 0 Å². The van der Waals surface area contributed by atoms with Crippen molar-refractivity contribution in [2.24, 2.45) is 0 Å². The Hall–Kier alpha value is -2.33. The Balaban J connectivity index is 3.44. The molecule has 0 heterocycles. The Morgan fingerprint density at radius 3 is 1.72 bits per heavy atom. The van der Waals surface area contributed by atoms with Gasteiger partial charge in [-0.15, -0.1) is 0 Å². The Morgan fingerprint density at radius 1 is 0.844 bits per heavy atom. The van der Waals surface area contributed by atoms with Crippen LogP contribution in [0, 0.1) is 10.1 Å². The molecule has 0 aromatic heterocycles. The maximum Gasteiger partial charge on any atom is 0.460 e. The van der Waals surface area contributed by atoms with Crippen molar-refractivity contribution in [2.75, 3.05) is 7.11 Å². The lowest BCUT2D eigenvalue weighted by Crippen LogP contribution is -2.70. The molecule has 0 N–H and O–H groups in total. The molecule has 1 unspecified atom stereocenters. The van der Waals surface area contributed by atoms with Crippen LogP contribution >= 0.6 is 0 Å². The number of nitrogens with zero attached hydrogens (tertiary/aromatic N) is 1. The summed E-state index contributed by atoms with van der Waals surface area (Å²) in [4.78, 5) is 9.59. The van der Waals surface area contributed by atoms with Crippen molar-refractivity contribution < 1.29 is 66.7 Å². The number of rotatable bonds is 9. The summed E-state index contributed by atoms with van der Waals surface area (Å²) in [6.07, 6.45) is -12.6. The molecule has 0 aliphatic carbocycles. The van der Waals surface area contributed by atoms with E-state index >= 15 is 0 Å². The fourth-order valence-corrected chi connectivity index (χ4v) is 2.34. The van der Waals surface area contributed by atoms with Crippen LogP contribution in [0.1, 0.15) is 18.1 Å². The molecule has 1 aromatic rings. The summed E-state index contributed by atoms with van der Waals surface area (Å²) in [5.74, 6) is -37.6. The Kier molecular flexibility index (Phi) is 7.12. The minimum absolute atomic E-state index is 0.465. The maximum absolute atomic E-state index is 14.0. The minimum atomic E-state index is -8.00. The number of non-ortho nitro benzene ring substituents is 1. The third kappa shape index (κ3) is 4.30. The zero-order valence-corrected chi connectivity index (χ0v) is 15.2. The first-order valence-corrected chi connectivity index (χ1v) is 7.81. The number of nitro groups is 1. The van der Waals surface area contributed by atoms with Gasteiger partial charge in [0.1, 0.15) is 0 Å². The Morgan fingerprint density at radius 2 is 1.31 bits per heavy atom. The van der Waals surface area contributed by atoms with Crippen molar-refractivity contribution in [3.05, 3.63) is 39.9 Å². The van der Waals surface area contributed by atoms with Crippen LogP contribution in [0.3, 0.4) is 0 Å². The third-order valence-electron chi connectivity index (χ3n) is 4.18. The number of ether oxygens (including phenoxy) is 1. The van der Waals surface area contributed by atoms with Crippen LogP contribution in [0.5, 0.6) is 0 Å². The first kappa shape index (κ1) is 27.7. The van der Waals surface area contributed by atoms with E-state index in [9.17, 15) is 67.2 Å². The summed E-state index contributed by atoms with van der Waals surface area (Å²) in [6, 6.07) is 2.83. The molecular formula is C15H10F13NO3. The number of nitro benzene ring substituents is 1. The van der Waals surface area contributed by atoms with Crippen molar-refractivity contribution in [1.29, 1.82) is 0 Å². The van der Waals surface area contributed by atoms with Crippen molar-refractivity contribution in [3.63, 3.8) is 0 Å². The lowest BCUT2D eigenvalue weighted by Gasteiger charge is -2.40. The topological polar surface area (TPSA) is 52.4 Å². The van der Waals surface area contributed by atoms with Gasteiger partial charge in [0.2, 0.25) is 0 Å². The number of methoxy groups -OCH3 is 1. The zero-order chi connectivity index (χ0) is 25.6. The average molecular weight is 499 g/mol. The molecule has 4 nitrogen and oxygen atoms in total. The second-order valence-corrected chi connectivity index (χ2v) is 6.28. The molecule has 1 aromatic carbocycles. The van der Waals surface area contributed by atoms with E-state index in [0.717, 1.165) is 18.2 Å². The lowest BCUT2D eigenvalue weighted by atomic mass is 9.90. The molecule has 1 rings (SSSR count). The average Bonchev–Trinajstić information content (AvgIpc) is 2.64. The van der Waals surface area contributed by atoms with Crippen LogP contribution in [-0.4, -0.2) is 47.8 Å². The molecule has 32 heavy (non-hydrogen) atoms. The van der Waals surface area contributed by atoms with Crippen LogP contribution in [-0.2, 0) is 4.74 Å². The fourth-order valence-electron chi connectivity index (χ4n) is 2.34. The molecule has 0 saturated carbocycles. The van der Waals surface area contributed by atoms with Crippen molar-refractivity contribution >= 4 is 5.69 Å². The van der Waals surface area contributed by atoms with E-state index in [1.165, 1.54) is 0 Å². The number of alkyl halides is 13. The first-order valence-electron chi connectivity index (χ1n) is 7.81. The van der Waals surface area contributed by atoms with Crippen LogP contribution in [0.15, 0.2) is 24.3 Å². The highest BCUT2D eigenvalue weighted by Crippen LogP contribution is 2.61. The van der Waals surface area contributed by atoms with Gasteiger partial charge in [0, 0.05) is 25.7 Å². The maximum atomic E-state index is 14.0. The van der Waals surface area contributed by atoms with E-state index < -0.39 is 64.5 Å². The Labute approximate surface area is 169 Å². The van der Waals surface area contributed by atoms with Gasteiger partial charge in [-0.05, 0) is 5.56 Å². The van der Waals surface area contributed by atoms with Gasteiger partial charge < -0.3 is 4.74 Å². The number of benzene rings is 1. The molecule has 0 radical (unpaired) electrons. The van der Waals surface area contributed by atoms with Gasteiger partial charge >= 0.3 is 35.8 Å². The van der Waals surface area contributed by atoms with Crippen LogP contribution in [0.25, 0.3) is 0 Å². The molecule has 184 valence electrons. The van der Waals surface area contributed by atoms with Crippen LogP contribution < -0.4 is 0 Å². The van der Waals surface area contributed by atoms with Gasteiger partial charge in [-0.1, -0.05) is 12.1 Å². The minimum Gasteiger partial charge on any atom is -0.377 e. The second kappa shape index (κ2) is 8.22. The highest BCUT2D eigenvalue weighted by Gasteiger charge is 2.90. The normalized spacial score (nSPS) is 15.6. The summed E-state index contributed by atoms with van der Waals surface area (Å²) in [5.41, 5.74) is -1.53. The van der Waals surface area contributed by atoms with E-state index in [1.807, 2.05) is 0 Å². The number of halogens is 13. The van der Waals surface area contributed by atoms with E-state index in [0.29, 0.717) is 13.2 Å². The standard InChI is InChI=1S/C15H10F13NO3/c1-32-9(7-3-2-4-8(5-7)29(30)31)6-10(16,17)11(18,19)12(20,21)13(22,23)14(24,25)15(26,27)28/h2-5,9H,6H2,1H3. The monoisotopic (exact) mass is 499 g/mol. The molecule has 0 amide bonds. The molecule has 0 saturated heterocycles. The fraction of sp³-hybridized carbons (Fsp3) is 0.600. The largest absolute Gasteiger partial charge is 0.460 e. The van der Waals surface area contributed by atoms with Gasteiger partial charge in [-0.2, -0.15) is 57.1 Å². The quantitative estimate of drug-likeness (QED) is 0.224. The van der Waals surface area contributed by atoms with Gasteiger partial charge in [-0.25, -0.2) is 0 Å². The SMILES string of the molecule is COC(CC(F)(F)C(F)(F)C(F)(F)C(F)(F)C(F)(F)C(F)(F)F)c1cccc([N+](=O)[O-])c1. The Bertz CT molecular complexity index is 838. The van der Waals surface area contributed by atoms with Crippen molar-refractivity contribution in [1.82, 2.24) is 0 Å². The van der Waals surface area contributed by atoms with Gasteiger partial charge in [0.25, 0.3) is 5.69 Å². The van der Waals surface area contributed by atoms with Gasteiger partial charge in [-0.3, -0.25) is 10.1 Å². The van der Waals surface area contributed by atoms with E-state index in [-0.39, 0.29) is 0 Å². The summed E-state index contributed by atoms with van der Waals surface area (Å²) in [5, 5.41) is 10.7. The zero-order valence-electron chi connectivity index (χ0n) is 15.2. The summed E-state index contributed by atoms with van der Waals surface area (Å²) in [7, 11) is 0.516. The molecule has 0 bridgehead atoms. The molecule has 1 atom stereocenters. The highest BCUT2D eigenvalue weighted by atomic mass is 19.4. The molecule has 0 spiro atoms. The second-order valence-electron chi connectivity index (χ2n) is 6.28. The summed E-state index contributed by atoms with van der Waals surface area (Å²) < 4.78 is 175. The predicted molar refractivity (Wildman–Crippen MR) is 78.3 cm³/mol. The van der Waals surface area contributed by atoms with E-state index in [1.54, 1.807) is 0 Å². The summed E-state index contributed by atoms with van der Waals surface area (Å²) >= 11 is 0. The van der Waals surface area contributed by atoms with E-state index in [4.69, 9.17) is 0 Å².